The fourth-order valence-corrected chi connectivity index (χ4v) is 2.43. The van der Waals surface area contributed by atoms with Crippen LogP contribution in [-0.2, 0) is 11.2 Å². The highest BCUT2D eigenvalue weighted by atomic mass is 16.2. The number of carbonyl (C=O) groups excluding carboxylic acids is 1. The summed E-state index contributed by atoms with van der Waals surface area (Å²) in [6, 6.07) is 3.76. The number of carbonyl (C=O) groups is 1. The molecule has 5 N–H and O–H groups in total. The third kappa shape index (κ3) is 3.42. The Labute approximate surface area is 119 Å². The fraction of sp³-hybridized carbons (Fsp3) is 0.533. The Hall–Kier alpha value is -1.75. The molecule has 110 valence electrons. The van der Waals surface area contributed by atoms with E-state index in [2.05, 4.69) is 24.5 Å². The molecular weight excluding hydrogens is 254 g/mol. The molecule has 0 spiro atoms. The lowest BCUT2D eigenvalue weighted by molar-refractivity contribution is -0.115. The van der Waals surface area contributed by atoms with Gasteiger partial charge in [0, 0.05) is 18.8 Å². The molecule has 2 rings (SSSR count). The van der Waals surface area contributed by atoms with Gasteiger partial charge in [0.1, 0.15) is 0 Å². The van der Waals surface area contributed by atoms with Crippen molar-refractivity contribution in [2.75, 3.05) is 29.5 Å². The number of amides is 1. The lowest BCUT2D eigenvalue weighted by Crippen LogP contribution is -2.23. The quantitative estimate of drug-likeness (QED) is 0.599. The van der Waals surface area contributed by atoms with Crippen molar-refractivity contribution in [3.63, 3.8) is 0 Å². The van der Waals surface area contributed by atoms with Gasteiger partial charge < -0.3 is 21.5 Å². The van der Waals surface area contributed by atoms with E-state index < -0.39 is 0 Å². The first-order chi connectivity index (χ1) is 9.41. The van der Waals surface area contributed by atoms with Gasteiger partial charge in [-0.1, -0.05) is 13.8 Å². The van der Waals surface area contributed by atoms with Gasteiger partial charge >= 0.3 is 0 Å². The van der Waals surface area contributed by atoms with Gasteiger partial charge in [-0.25, -0.2) is 0 Å². The normalized spacial score (nSPS) is 14.1. The molecule has 0 saturated carbocycles. The number of rotatable bonds is 6. The summed E-state index contributed by atoms with van der Waals surface area (Å²) in [6.07, 6.45) is 2.14. The Morgan fingerprint density at radius 2 is 2.20 bits per heavy atom. The minimum atomic E-state index is 0.0137. The molecule has 1 aliphatic heterocycles. The molecule has 0 radical (unpaired) electrons. The van der Waals surface area contributed by atoms with E-state index >= 15 is 0 Å². The first kappa shape index (κ1) is 14.7. The Bertz CT molecular complexity index is 512. The number of aliphatic hydroxyl groups is 1. The van der Waals surface area contributed by atoms with Crippen LogP contribution in [0.3, 0.4) is 0 Å². The zero-order valence-corrected chi connectivity index (χ0v) is 12.1. The highest BCUT2D eigenvalue weighted by molar-refractivity contribution is 6.00. The van der Waals surface area contributed by atoms with Crippen molar-refractivity contribution >= 4 is 23.0 Å². The summed E-state index contributed by atoms with van der Waals surface area (Å²) in [5.74, 6) is 0.0137. The smallest absolute Gasteiger partial charge is 0.228 e. The minimum absolute atomic E-state index is 0.0137. The topological polar surface area (TPSA) is 87.4 Å². The Morgan fingerprint density at radius 1 is 1.45 bits per heavy atom. The standard InChI is InChI=1S/C15H23N3O2/c1-15(2,4-3-5-19)9-17-13-8-12-10(6-11(13)16)7-14(20)18-12/h6,8,17,19H,3-5,7,9,16H2,1-2H3,(H,18,20). The van der Waals surface area contributed by atoms with Crippen molar-refractivity contribution in [3.05, 3.63) is 17.7 Å². The largest absolute Gasteiger partial charge is 0.397 e. The molecule has 1 aromatic rings. The molecule has 1 aromatic carbocycles. The van der Waals surface area contributed by atoms with Crippen molar-refractivity contribution in [1.29, 1.82) is 0 Å². The summed E-state index contributed by atoms with van der Waals surface area (Å²) < 4.78 is 0. The number of nitrogens with two attached hydrogens (primary N) is 1. The van der Waals surface area contributed by atoms with Gasteiger partial charge in [0.15, 0.2) is 0 Å². The maximum atomic E-state index is 11.4. The predicted molar refractivity (Wildman–Crippen MR) is 81.8 cm³/mol. The fourth-order valence-electron chi connectivity index (χ4n) is 2.43. The van der Waals surface area contributed by atoms with E-state index in [9.17, 15) is 4.79 Å². The van der Waals surface area contributed by atoms with Gasteiger partial charge in [-0.15, -0.1) is 0 Å². The average molecular weight is 277 g/mol. The second-order valence-corrected chi connectivity index (χ2v) is 6.17. The van der Waals surface area contributed by atoms with E-state index in [1.165, 1.54) is 0 Å². The molecule has 1 aliphatic rings. The highest BCUT2D eigenvalue weighted by Gasteiger charge is 2.21. The summed E-state index contributed by atoms with van der Waals surface area (Å²) in [7, 11) is 0. The SMILES string of the molecule is CC(C)(CCCO)CNc1cc2c(cc1N)CC(=O)N2. The van der Waals surface area contributed by atoms with Crippen molar-refractivity contribution in [1.82, 2.24) is 0 Å². The van der Waals surface area contributed by atoms with Crippen LogP contribution in [0.4, 0.5) is 17.1 Å². The summed E-state index contributed by atoms with van der Waals surface area (Å²) in [4.78, 5) is 11.4. The maximum Gasteiger partial charge on any atom is 0.228 e. The van der Waals surface area contributed by atoms with Crippen molar-refractivity contribution in [2.45, 2.75) is 33.1 Å². The van der Waals surface area contributed by atoms with Gasteiger partial charge in [-0.05, 0) is 36.0 Å². The van der Waals surface area contributed by atoms with Crippen LogP contribution in [0.25, 0.3) is 0 Å². The minimum Gasteiger partial charge on any atom is -0.397 e. The Morgan fingerprint density at radius 3 is 2.90 bits per heavy atom. The molecule has 20 heavy (non-hydrogen) atoms. The third-order valence-corrected chi connectivity index (χ3v) is 3.67. The monoisotopic (exact) mass is 277 g/mol. The Balaban J connectivity index is 2.04. The van der Waals surface area contributed by atoms with Crippen molar-refractivity contribution in [2.24, 2.45) is 5.41 Å². The summed E-state index contributed by atoms with van der Waals surface area (Å²) >= 11 is 0. The zero-order chi connectivity index (χ0) is 14.8. The molecule has 0 fully saturated rings. The summed E-state index contributed by atoms with van der Waals surface area (Å²) in [5.41, 5.74) is 9.43. The second kappa shape index (κ2) is 5.71. The number of anilines is 3. The van der Waals surface area contributed by atoms with E-state index in [0.29, 0.717) is 12.1 Å². The molecule has 5 heteroatoms. The number of benzene rings is 1. The molecule has 0 saturated heterocycles. The molecular formula is C15H23N3O2. The molecule has 0 bridgehead atoms. The van der Waals surface area contributed by atoms with Crippen LogP contribution < -0.4 is 16.4 Å². The number of nitrogens with one attached hydrogen (secondary N) is 2. The summed E-state index contributed by atoms with van der Waals surface area (Å²) in [5, 5.41) is 15.1. The molecule has 0 aliphatic carbocycles. The predicted octanol–water partition coefficient (Wildman–Crippen LogP) is 1.97. The summed E-state index contributed by atoms with van der Waals surface area (Å²) in [6.45, 7) is 5.29. The molecule has 5 nitrogen and oxygen atoms in total. The van der Waals surface area contributed by atoms with E-state index in [1.54, 1.807) is 0 Å². The van der Waals surface area contributed by atoms with Crippen LogP contribution in [0, 0.1) is 5.41 Å². The van der Waals surface area contributed by atoms with Gasteiger partial charge in [0.2, 0.25) is 5.91 Å². The van der Waals surface area contributed by atoms with Crippen LogP contribution in [-0.4, -0.2) is 24.2 Å². The van der Waals surface area contributed by atoms with Crippen LogP contribution in [0.5, 0.6) is 0 Å². The van der Waals surface area contributed by atoms with E-state index in [-0.39, 0.29) is 17.9 Å². The first-order valence-electron chi connectivity index (χ1n) is 6.98. The van der Waals surface area contributed by atoms with E-state index in [0.717, 1.165) is 36.3 Å². The van der Waals surface area contributed by atoms with Crippen molar-refractivity contribution < 1.29 is 9.90 Å². The lowest BCUT2D eigenvalue weighted by Gasteiger charge is -2.26. The number of hydrogen-bond donors (Lipinski definition) is 4. The van der Waals surface area contributed by atoms with Crippen LogP contribution in [0.1, 0.15) is 32.3 Å². The van der Waals surface area contributed by atoms with Crippen LogP contribution in [0.15, 0.2) is 12.1 Å². The Kier molecular flexibility index (Phi) is 4.18. The van der Waals surface area contributed by atoms with E-state index in [4.69, 9.17) is 10.8 Å². The second-order valence-electron chi connectivity index (χ2n) is 6.17. The number of aliphatic hydroxyl groups excluding tert-OH is 1. The molecule has 0 atom stereocenters. The first-order valence-corrected chi connectivity index (χ1v) is 6.98. The van der Waals surface area contributed by atoms with Crippen LogP contribution in [0.2, 0.25) is 0 Å². The van der Waals surface area contributed by atoms with Crippen LogP contribution >= 0.6 is 0 Å². The van der Waals surface area contributed by atoms with E-state index in [1.807, 2.05) is 12.1 Å². The number of nitrogen functional groups attached to an aromatic ring is 1. The average Bonchev–Trinajstić information content (AvgIpc) is 2.73. The molecule has 0 unspecified atom stereocenters. The molecule has 1 heterocycles. The number of hydrogen-bond acceptors (Lipinski definition) is 4. The number of fused-ring (bicyclic) bond motifs is 1. The third-order valence-electron chi connectivity index (χ3n) is 3.67. The maximum absolute atomic E-state index is 11.4. The highest BCUT2D eigenvalue weighted by Crippen LogP contribution is 2.32. The molecule has 0 aromatic heterocycles. The van der Waals surface area contributed by atoms with Gasteiger partial charge in [0.05, 0.1) is 17.8 Å². The molecule has 1 amide bonds. The van der Waals surface area contributed by atoms with Gasteiger partial charge in [0.25, 0.3) is 0 Å². The van der Waals surface area contributed by atoms with Crippen molar-refractivity contribution in [3.8, 4) is 0 Å². The lowest BCUT2D eigenvalue weighted by atomic mass is 9.88. The zero-order valence-electron chi connectivity index (χ0n) is 12.1. The van der Waals surface area contributed by atoms with Gasteiger partial charge in [-0.3, -0.25) is 4.79 Å². The van der Waals surface area contributed by atoms with Gasteiger partial charge in [-0.2, -0.15) is 0 Å².